The first kappa shape index (κ1) is 26.2. The standard InChI is InChI=1S/C25H29F3N6O3/c1-3-21(35)31-20-12-16(15-6-4-7-15)9-10-19(20)32-22-18(25(26,27)28)13-29-23(33-22)30-17-8-5-11-34(14-17)24(36)37-2/h3,9-10,12-13,15,17H,1,4-8,11,14H2,2H3,(H,31,35)(H2,29,30,32,33). The number of carbonyl (C=O) groups excluding carboxylic acids is 2. The van der Waals surface area contributed by atoms with Gasteiger partial charge in [0.2, 0.25) is 11.9 Å². The quantitative estimate of drug-likeness (QED) is 0.428. The average molecular weight is 519 g/mol. The van der Waals surface area contributed by atoms with Gasteiger partial charge in [0.1, 0.15) is 11.4 Å². The van der Waals surface area contributed by atoms with E-state index in [2.05, 4.69) is 32.5 Å². The van der Waals surface area contributed by atoms with Gasteiger partial charge in [-0.1, -0.05) is 19.1 Å². The molecule has 4 rings (SSSR count). The number of hydrogen-bond acceptors (Lipinski definition) is 7. The molecule has 1 aliphatic carbocycles. The van der Waals surface area contributed by atoms with Crippen LogP contribution in [0.15, 0.2) is 37.1 Å². The lowest BCUT2D eigenvalue weighted by Crippen LogP contribution is -2.45. The third-order valence-electron chi connectivity index (χ3n) is 6.60. The minimum Gasteiger partial charge on any atom is -0.453 e. The molecule has 2 aliphatic rings. The summed E-state index contributed by atoms with van der Waals surface area (Å²) in [6, 6.07) is 4.98. The molecule has 0 spiro atoms. The number of hydrogen-bond donors (Lipinski definition) is 3. The minimum absolute atomic E-state index is 0.0185. The lowest BCUT2D eigenvalue weighted by molar-refractivity contribution is -0.137. The van der Waals surface area contributed by atoms with E-state index in [0.717, 1.165) is 30.9 Å². The number of rotatable bonds is 7. The molecule has 1 aromatic heterocycles. The van der Waals surface area contributed by atoms with Crippen molar-refractivity contribution in [2.24, 2.45) is 0 Å². The number of aromatic nitrogens is 2. The smallest absolute Gasteiger partial charge is 0.421 e. The summed E-state index contributed by atoms with van der Waals surface area (Å²) >= 11 is 0. The highest BCUT2D eigenvalue weighted by molar-refractivity contribution is 6.01. The van der Waals surface area contributed by atoms with Gasteiger partial charge in [-0.05, 0) is 55.4 Å². The van der Waals surface area contributed by atoms with E-state index in [9.17, 15) is 22.8 Å². The maximum absolute atomic E-state index is 13.8. The van der Waals surface area contributed by atoms with Crippen molar-refractivity contribution in [3.8, 4) is 0 Å². The largest absolute Gasteiger partial charge is 0.453 e. The predicted octanol–water partition coefficient (Wildman–Crippen LogP) is 5.27. The highest BCUT2D eigenvalue weighted by atomic mass is 19.4. The molecular formula is C25H29F3N6O3. The van der Waals surface area contributed by atoms with Gasteiger partial charge in [-0.3, -0.25) is 4.79 Å². The fourth-order valence-corrected chi connectivity index (χ4v) is 4.41. The highest BCUT2D eigenvalue weighted by Crippen LogP contribution is 2.40. The van der Waals surface area contributed by atoms with Crippen molar-refractivity contribution < 1.29 is 27.5 Å². The van der Waals surface area contributed by atoms with E-state index >= 15 is 0 Å². The maximum atomic E-state index is 13.8. The van der Waals surface area contributed by atoms with Gasteiger partial charge >= 0.3 is 12.3 Å². The molecule has 2 amide bonds. The molecule has 1 aliphatic heterocycles. The molecule has 1 aromatic carbocycles. The van der Waals surface area contributed by atoms with Gasteiger partial charge in [0.15, 0.2) is 0 Å². The maximum Gasteiger partial charge on any atom is 0.421 e. The third-order valence-corrected chi connectivity index (χ3v) is 6.60. The second-order valence-electron chi connectivity index (χ2n) is 9.10. The van der Waals surface area contributed by atoms with Gasteiger partial charge in [-0.15, -0.1) is 0 Å². The van der Waals surface area contributed by atoms with E-state index in [-0.39, 0.29) is 17.7 Å². The molecule has 1 unspecified atom stereocenters. The highest BCUT2D eigenvalue weighted by Gasteiger charge is 2.36. The second kappa shape index (κ2) is 11.1. The first-order valence-corrected chi connectivity index (χ1v) is 12.1. The molecule has 2 heterocycles. The van der Waals surface area contributed by atoms with Gasteiger partial charge in [0.25, 0.3) is 0 Å². The van der Waals surface area contributed by atoms with Crippen molar-refractivity contribution in [2.75, 3.05) is 36.1 Å². The van der Waals surface area contributed by atoms with E-state index in [1.54, 1.807) is 12.1 Å². The normalized spacial score (nSPS) is 17.9. The Kier molecular flexibility index (Phi) is 7.84. The molecule has 3 N–H and O–H groups in total. The number of anilines is 4. The van der Waals surface area contributed by atoms with Crippen LogP contribution in [0.5, 0.6) is 0 Å². The number of ether oxygens (including phenoxy) is 1. The van der Waals surface area contributed by atoms with Crippen LogP contribution in [0.2, 0.25) is 0 Å². The molecule has 1 atom stereocenters. The first-order chi connectivity index (χ1) is 17.7. The first-order valence-electron chi connectivity index (χ1n) is 12.1. The zero-order valence-electron chi connectivity index (χ0n) is 20.4. The number of piperidine rings is 1. The molecular weight excluding hydrogens is 489 g/mol. The third kappa shape index (κ3) is 6.30. The van der Waals surface area contributed by atoms with Crippen LogP contribution in [0.4, 0.5) is 41.1 Å². The fraction of sp³-hybridized carbons (Fsp3) is 0.440. The Balaban J connectivity index is 1.62. The fourth-order valence-electron chi connectivity index (χ4n) is 4.41. The summed E-state index contributed by atoms with van der Waals surface area (Å²) in [5.74, 6) is -0.609. The lowest BCUT2D eigenvalue weighted by Gasteiger charge is -2.32. The summed E-state index contributed by atoms with van der Waals surface area (Å²) in [6.45, 7) is 4.28. The lowest BCUT2D eigenvalue weighted by atomic mass is 9.80. The van der Waals surface area contributed by atoms with Crippen molar-refractivity contribution in [2.45, 2.75) is 50.2 Å². The Morgan fingerprint density at radius 3 is 2.62 bits per heavy atom. The molecule has 198 valence electrons. The summed E-state index contributed by atoms with van der Waals surface area (Å²) in [5.41, 5.74) is 0.533. The van der Waals surface area contributed by atoms with Crippen LogP contribution in [0, 0.1) is 0 Å². The number of alkyl halides is 3. The number of benzene rings is 1. The molecule has 2 fully saturated rings. The van der Waals surface area contributed by atoms with Gasteiger partial charge in [-0.2, -0.15) is 18.2 Å². The van der Waals surface area contributed by atoms with E-state index in [0.29, 0.717) is 43.7 Å². The van der Waals surface area contributed by atoms with Crippen LogP contribution in [0.1, 0.15) is 49.1 Å². The zero-order valence-corrected chi connectivity index (χ0v) is 20.4. The van der Waals surface area contributed by atoms with Crippen LogP contribution in [-0.2, 0) is 15.7 Å². The number of nitrogens with zero attached hydrogens (tertiary/aromatic N) is 3. The molecule has 1 saturated carbocycles. The molecule has 0 bridgehead atoms. The number of amides is 2. The number of nitrogens with one attached hydrogen (secondary N) is 3. The van der Waals surface area contributed by atoms with Crippen molar-refractivity contribution in [1.29, 1.82) is 0 Å². The van der Waals surface area contributed by atoms with Crippen molar-refractivity contribution in [3.05, 3.63) is 48.2 Å². The summed E-state index contributed by atoms with van der Waals surface area (Å²) in [6.07, 6.45) is 1.15. The number of halogens is 3. The van der Waals surface area contributed by atoms with Gasteiger partial charge < -0.3 is 25.6 Å². The van der Waals surface area contributed by atoms with Gasteiger partial charge in [0.05, 0.1) is 18.5 Å². The van der Waals surface area contributed by atoms with E-state index in [4.69, 9.17) is 4.74 Å². The minimum atomic E-state index is -4.72. The van der Waals surface area contributed by atoms with Gasteiger partial charge in [-0.25, -0.2) is 9.78 Å². The van der Waals surface area contributed by atoms with Crippen molar-refractivity contribution in [1.82, 2.24) is 14.9 Å². The summed E-state index contributed by atoms with van der Waals surface area (Å²) in [5, 5.41) is 8.45. The van der Waals surface area contributed by atoms with Crippen molar-refractivity contribution in [3.63, 3.8) is 0 Å². The van der Waals surface area contributed by atoms with Gasteiger partial charge in [0, 0.05) is 25.3 Å². The zero-order chi connectivity index (χ0) is 26.6. The molecule has 9 nitrogen and oxygen atoms in total. The van der Waals surface area contributed by atoms with E-state index in [1.165, 1.54) is 12.0 Å². The Bertz CT molecular complexity index is 1170. The van der Waals surface area contributed by atoms with Crippen LogP contribution >= 0.6 is 0 Å². The summed E-state index contributed by atoms with van der Waals surface area (Å²) in [4.78, 5) is 33.4. The molecule has 12 heteroatoms. The Morgan fingerprint density at radius 1 is 1.19 bits per heavy atom. The number of likely N-dealkylation sites (tertiary alicyclic amines) is 1. The number of methoxy groups -OCH3 is 1. The van der Waals surface area contributed by atoms with Crippen LogP contribution in [0.3, 0.4) is 0 Å². The molecule has 2 aromatic rings. The Morgan fingerprint density at radius 2 is 1.97 bits per heavy atom. The average Bonchev–Trinajstić information content (AvgIpc) is 2.83. The Labute approximate surface area is 212 Å². The second-order valence-corrected chi connectivity index (χ2v) is 9.10. The SMILES string of the molecule is C=CC(=O)Nc1cc(C2CCC2)ccc1Nc1nc(NC2CCCN(C(=O)OC)C2)ncc1C(F)(F)F. The molecule has 0 radical (unpaired) electrons. The van der Waals surface area contributed by atoms with Crippen LogP contribution in [-0.4, -0.2) is 53.1 Å². The summed E-state index contributed by atoms with van der Waals surface area (Å²) in [7, 11) is 1.29. The van der Waals surface area contributed by atoms with Crippen LogP contribution < -0.4 is 16.0 Å². The topological polar surface area (TPSA) is 108 Å². The Hall–Kier alpha value is -3.83. The van der Waals surface area contributed by atoms with E-state index < -0.39 is 29.6 Å². The monoisotopic (exact) mass is 518 g/mol. The summed E-state index contributed by atoms with van der Waals surface area (Å²) < 4.78 is 46.2. The van der Waals surface area contributed by atoms with E-state index in [1.807, 2.05) is 6.07 Å². The van der Waals surface area contributed by atoms with Crippen molar-refractivity contribution >= 4 is 35.1 Å². The predicted molar refractivity (Wildman–Crippen MR) is 133 cm³/mol. The van der Waals surface area contributed by atoms with Crippen LogP contribution in [0.25, 0.3) is 0 Å². The number of carbonyl (C=O) groups is 2. The molecule has 1 saturated heterocycles. The molecule has 37 heavy (non-hydrogen) atoms.